The lowest BCUT2D eigenvalue weighted by Gasteiger charge is -2.15. The van der Waals surface area contributed by atoms with Crippen molar-refractivity contribution in [2.24, 2.45) is 0 Å². The second kappa shape index (κ2) is 6.50. The summed E-state index contributed by atoms with van der Waals surface area (Å²) >= 11 is 12.0. The summed E-state index contributed by atoms with van der Waals surface area (Å²) in [6.45, 7) is 6.73. The Balaban J connectivity index is 2.19. The highest BCUT2D eigenvalue weighted by Crippen LogP contribution is 2.26. The van der Waals surface area contributed by atoms with E-state index < -0.39 is 0 Å². The molecule has 1 amide bonds. The highest BCUT2D eigenvalue weighted by molar-refractivity contribution is 6.43. The molecule has 2 rings (SSSR count). The van der Waals surface area contributed by atoms with E-state index in [0.717, 1.165) is 17.8 Å². The van der Waals surface area contributed by atoms with Crippen LogP contribution < -0.4 is 5.32 Å². The van der Waals surface area contributed by atoms with Crippen molar-refractivity contribution in [1.82, 2.24) is 15.1 Å². The fourth-order valence-corrected chi connectivity index (χ4v) is 2.62. The van der Waals surface area contributed by atoms with E-state index in [-0.39, 0.29) is 17.0 Å². The van der Waals surface area contributed by atoms with Gasteiger partial charge in [0.2, 0.25) is 0 Å². The summed E-state index contributed by atoms with van der Waals surface area (Å²) in [5.74, 6) is -0.251. The molecule has 0 aliphatic carbocycles. The summed E-state index contributed by atoms with van der Waals surface area (Å²) in [6.07, 6.45) is 1.78. The van der Waals surface area contributed by atoms with Crippen molar-refractivity contribution in [1.29, 1.82) is 0 Å². The molecule has 6 heteroatoms. The third-order valence-corrected chi connectivity index (χ3v) is 4.27. The molecule has 21 heavy (non-hydrogen) atoms. The molecular weight excluding hydrogens is 309 g/mol. The monoisotopic (exact) mass is 325 g/mol. The Labute approximate surface area is 134 Å². The van der Waals surface area contributed by atoms with Crippen LogP contribution in [0.1, 0.15) is 41.5 Å². The molecule has 0 spiro atoms. The third-order valence-electron chi connectivity index (χ3n) is 3.45. The molecule has 0 radical (unpaired) electrons. The van der Waals surface area contributed by atoms with Crippen molar-refractivity contribution < 1.29 is 4.79 Å². The molecule has 0 aliphatic heterocycles. The van der Waals surface area contributed by atoms with Gasteiger partial charge in [-0.05, 0) is 32.9 Å². The summed E-state index contributed by atoms with van der Waals surface area (Å²) in [5.41, 5.74) is 2.40. The maximum atomic E-state index is 12.3. The van der Waals surface area contributed by atoms with Crippen LogP contribution in [0.3, 0.4) is 0 Å². The summed E-state index contributed by atoms with van der Waals surface area (Å²) < 4.78 is 1.89. The number of hydrogen-bond acceptors (Lipinski definition) is 2. The van der Waals surface area contributed by atoms with Crippen LogP contribution >= 0.6 is 23.2 Å². The van der Waals surface area contributed by atoms with E-state index in [1.807, 2.05) is 25.5 Å². The zero-order chi connectivity index (χ0) is 15.6. The topological polar surface area (TPSA) is 46.9 Å². The summed E-state index contributed by atoms with van der Waals surface area (Å²) in [4.78, 5) is 12.3. The molecule has 0 saturated carbocycles. The van der Waals surface area contributed by atoms with Gasteiger partial charge in [0, 0.05) is 17.8 Å². The van der Waals surface area contributed by atoms with Gasteiger partial charge in [0.1, 0.15) is 0 Å². The zero-order valence-electron chi connectivity index (χ0n) is 12.2. The van der Waals surface area contributed by atoms with Crippen molar-refractivity contribution in [3.05, 3.63) is 51.3 Å². The average molecular weight is 326 g/mol. The van der Waals surface area contributed by atoms with Crippen molar-refractivity contribution in [3.8, 4) is 0 Å². The molecule has 112 valence electrons. The first-order chi connectivity index (χ1) is 9.95. The highest BCUT2D eigenvalue weighted by Gasteiger charge is 2.18. The van der Waals surface area contributed by atoms with Gasteiger partial charge in [0.05, 0.1) is 27.8 Å². The molecule has 1 N–H and O–H groups in total. The minimum Gasteiger partial charge on any atom is -0.345 e. The fourth-order valence-electron chi connectivity index (χ4n) is 2.24. The van der Waals surface area contributed by atoms with E-state index in [9.17, 15) is 4.79 Å². The SMILES string of the molecule is CCn1ncc(C(C)NC(=O)c2cccc(Cl)c2Cl)c1C. The molecule has 1 unspecified atom stereocenters. The summed E-state index contributed by atoms with van der Waals surface area (Å²) in [6, 6.07) is 4.85. The maximum absolute atomic E-state index is 12.3. The maximum Gasteiger partial charge on any atom is 0.253 e. The number of carbonyl (C=O) groups excluding carboxylic acids is 1. The lowest BCUT2D eigenvalue weighted by atomic mass is 10.1. The molecule has 0 saturated heterocycles. The van der Waals surface area contributed by atoms with Gasteiger partial charge in [-0.1, -0.05) is 29.3 Å². The number of nitrogens with zero attached hydrogens (tertiary/aromatic N) is 2. The van der Waals surface area contributed by atoms with Crippen molar-refractivity contribution in [2.75, 3.05) is 0 Å². The second-order valence-electron chi connectivity index (χ2n) is 4.80. The smallest absolute Gasteiger partial charge is 0.253 e. The van der Waals surface area contributed by atoms with E-state index in [0.29, 0.717) is 10.6 Å². The predicted octanol–water partition coefficient (Wildman–Crippen LogP) is 4.01. The van der Waals surface area contributed by atoms with Gasteiger partial charge >= 0.3 is 0 Å². The van der Waals surface area contributed by atoms with E-state index >= 15 is 0 Å². The van der Waals surface area contributed by atoms with Crippen LogP contribution in [0.2, 0.25) is 10.0 Å². The Morgan fingerprint density at radius 2 is 2.14 bits per heavy atom. The summed E-state index contributed by atoms with van der Waals surface area (Å²) in [7, 11) is 0. The number of amides is 1. The number of carbonyl (C=O) groups is 1. The number of hydrogen-bond donors (Lipinski definition) is 1. The van der Waals surface area contributed by atoms with Crippen LogP contribution in [-0.4, -0.2) is 15.7 Å². The molecule has 4 nitrogen and oxygen atoms in total. The third kappa shape index (κ3) is 3.22. The molecule has 0 fully saturated rings. The number of aromatic nitrogens is 2. The molecule has 2 aromatic rings. The van der Waals surface area contributed by atoms with E-state index in [1.165, 1.54) is 0 Å². The Morgan fingerprint density at radius 3 is 2.76 bits per heavy atom. The number of rotatable bonds is 4. The first-order valence-electron chi connectivity index (χ1n) is 6.72. The fraction of sp³-hybridized carbons (Fsp3) is 0.333. The van der Waals surface area contributed by atoms with Gasteiger partial charge in [-0.2, -0.15) is 5.10 Å². The second-order valence-corrected chi connectivity index (χ2v) is 5.58. The lowest BCUT2D eigenvalue weighted by molar-refractivity contribution is 0.0940. The summed E-state index contributed by atoms with van der Waals surface area (Å²) in [5, 5.41) is 7.84. The molecule has 1 aromatic heterocycles. The Hall–Kier alpha value is -1.52. The van der Waals surface area contributed by atoms with Crippen LogP contribution in [0.25, 0.3) is 0 Å². The Bertz CT molecular complexity index is 667. The predicted molar refractivity (Wildman–Crippen MR) is 85.0 cm³/mol. The van der Waals surface area contributed by atoms with Crippen LogP contribution in [0.15, 0.2) is 24.4 Å². The normalized spacial score (nSPS) is 12.2. The van der Waals surface area contributed by atoms with Crippen LogP contribution in [0.5, 0.6) is 0 Å². The molecule has 1 atom stereocenters. The lowest BCUT2D eigenvalue weighted by Crippen LogP contribution is -2.27. The average Bonchev–Trinajstić information content (AvgIpc) is 2.82. The van der Waals surface area contributed by atoms with Gasteiger partial charge in [0.15, 0.2) is 0 Å². The Morgan fingerprint density at radius 1 is 1.43 bits per heavy atom. The van der Waals surface area contributed by atoms with Gasteiger partial charge in [0.25, 0.3) is 5.91 Å². The molecule has 0 aliphatic rings. The number of halogens is 2. The zero-order valence-corrected chi connectivity index (χ0v) is 13.7. The van der Waals surface area contributed by atoms with Gasteiger partial charge < -0.3 is 5.32 Å². The minimum absolute atomic E-state index is 0.159. The van der Waals surface area contributed by atoms with Crippen LogP contribution in [0.4, 0.5) is 0 Å². The first kappa shape index (κ1) is 15.9. The van der Waals surface area contributed by atoms with Gasteiger partial charge in [-0.25, -0.2) is 0 Å². The van der Waals surface area contributed by atoms with E-state index in [4.69, 9.17) is 23.2 Å². The van der Waals surface area contributed by atoms with Crippen LogP contribution in [-0.2, 0) is 6.54 Å². The standard InChI is InChI=1S/C15H17Cl2N3O/c1-4-20-10(3)12(8-18-20)9(2)19-15(21)11-6-5-7-13(16)14(11)17/h5-9H,4H2,1-3H3,(H,19,21). The van der Waals surface area contributed by atoms with Gasteiger partial charge in [-0.15, -0.1) is 0 Å². The molecule has 1 heterocycles. The Kier molecular flexibility index (Phi) is 4.91. The van der Waals surface area contributed by atoms with Crippen molar-refractivity contribution >= 4 is 29.1 Å². The van der Waals surface area contributed by atoms with Crippen molar-refractivity contribution in [2.45, 2.75) is 33.4 Å². The molecular formula is C15H17Cl2N3O. The first-order valence-corrected chi connectivity index (χ1v) is 7.48. The number of benzene rings is 1. The minimum atomic E-state index is -0.251. The van der Waals surface area contributed by atoms with Crippen molar-refractivity contribution in [3.63, 3.8) is 0 Å². The molecule has 0 bridgehead atoms. The van der Waals surface area contributed by atoms with Gasteiger partial charge in [-0.3, -0.25) is 9.48 Å². The quantitative estimate of drug-likeness (QED) is 0.923. The molecule has 1 aromatic carbocycles. The number of nitrogens with one attached hydrogen (secondary N) is 1. The van der Waals surface area contributed by atoms with Crippen LogP contribution in [0, 0.1) is 6.92 Å². The van der Waals surface area contributed by atoms with E-state index in [2.05, 4.69) is 10.4 Å². The largest absolute Gasteiger partial charge is 0.345 e. The van der Waals surface area contributed by atoms with E-state index in [1.54, 1.807) is 24.4 Å². The highest BCUT2D eigenvalue weighted by atomic mass is 35.5. The number of aryl methyl sites for hydroxylation is 1.